The Balaban J connectivity index is 1.44. The van der Waals surface area contributed by atoms with Gasteiger partial charge in [-0.05, 0) is 113 Å². The molecular weight excluding hydrogens is 354 g/mol. The summed E-state index contributed by atoms with van der Waals surface area (Å²) in [5.41, 5.74) is 2.51. The second kappa shape index (κ2) is 7.71. The van der Waals surface area contributed by atoms with Crippen LogP contribution in [0.2, 0.25) is 0 Å². The average molecular weight is 398 g/mol. The van der Waals surface area contributed by atoms with Gasteiger partial charge < -0.3 is 5.11 Å². The summed E-state index contributed by atoms with van der Waals surface area (Å²) >= 11 is 0. The number of unbranched alkanes of at least 4 members (excludes halogenated alkanes) is 1. The van der Waals surface area contributed by atoms with Gasteiger partial charge in [-0.15, -0.1) is 0 Å². The third-order valence-corrected chi connectivity index (χ3v) is 10.1. The van der Waals surface area contributed by atoms with Crippen molar-refractivity contribution in [3.05, 3.63) is 11.6 Å². The first kappa shape index (κ1) is 21.4. The minimum Gasteiger partial charge on any atom is -0.393 e. The van der Waals surface area contributed by atoms with E-state index in [0.717, 1.165) is 37.0 Å². The maximum atomic E-state index is 10.2. The molecule has 29 heavy (non-hydrogen) atoms. The highest BCUT2D eigenvalue weighted by Gasteiger charge is 2.56. The molecule has 0 heterocycles. The van der Waals surface area contributed by atoms with E-state index in [9.17, 15) is 10.4 Å². The molecule has 4 unspecified atom stereocenters. The summed E-state index contributed by atoms with van der Waals surface area (Å²) in [6, 6.07) is 2.46. The highest BCUT2D eigenvalue weighted by atomic mass is 16.3. The Morgan fingerprint density at radius 1 is 1.14 bits per heavy atom. The summed E-state index contributed by atoms with van der Waals surface area (Å²) in [6.45, 7) is 9.30. The van der Waals surface area contributed by atoms with Crippen LogP contribution in [0.15, 0.2) is 11.6 Å². The summed E-state index contributed by atoms with van der Waals surface area (Å²) in [7, 11) is 0. The molecule has 0 aromatic heterocycles. The highest BCUT2D eigenvalue weighted by Crippen LogP contribution is 2.65. The number of fused-ring (bicyclic) bond motifs is 5. The maximum Gasteiger partial charge on any atom is 0.0683 e. The Kier molecular flexibility index (Phi) is 5.69. The van der Waals surface area contributed by atoms with Crippen LogP contribution in [-0.4, -0.2) is 11.2 Å². The Hall–Kier alpha value is -0.810. The number of nitrogens with zero attached hydrogens (tertiary/aromatic N) is 1. The van der Waals surface area contributed by atoms with Crippen molar-refractivity contribution in [3.63, 3.8) is 0 Å². The predicted octanol–water partition coefficient (Wildman–Crippen LogP) is 7.04. The average Bonchev–Trinajstić information content (AvgIpc) is 3.02. The van der Waals surface area contributed by atoms with Crippen molar-refractivity contribution in [2.24, 2.45) is 39.9 Å². The second-order valence-electron chi connectivity index (χ2n) is 12.2. The smallest absolute Gasteiger partial charge is 0.0683 e. The van der Waals surface area contributed by atoms with Crippen molar-refractivity contribution < 1.29 is 5.11 Å². The number of aliphatic hydroxyl groups excluding tert-OH is 1. The van der Waals surface area contributed by atoms with Crippen LogP contribution in [0.5, 0.6) is 0 Å². The molecule has 1 N–H and O–H groups in total. The largest absolute Gasteiger partial charge is 0.393 e. The standard InChI is InChI=1S/C27H43NO/c1-25(2,18-28)14-6-5-7-19-9-11-23-22-10-8-20-17-21(29)12-15-27(20,4)24(22)13-16-26(19,23)3/h13,19-23,29H,5-12,14-17H2,1-4H3/t19?,20?,21-,22?,23?,26+,27-/m0/s1. The molecular formula is C27H43NO. The molecule has 2 heteroatoms. The van der Waals surface area contributed by atoms with Crippen LogP contribution in [-0.2, 0) is 0 Å². The van der Waals surface area contributed by atoms with Crippen LogP contribution in [0.4, 0.5) is 0 Å². The minimum absolute atomic E-state index is 0.0547. The van der Waals surface area contributed by atoms with E-state index in [1.807, 2.05) is 0 Å². The monoisotopic (exact) mass is 397 g/mol. The summed E-state index contributed by atoms with van der Waals surface area (Å²) < 4.78 is 0. The van der Waals surface area contributed by atoms with Gasteiger partial charge in [0.1, 0.15) is 0 Å². The van der Waals surface area contributed by atoms with Crippen LogP contribution in [0.25, 0.3) is 0 Å². The lowest BCUT2D eigenvalue weighted by Gasteiger charge is -2.56. The van der Waals surface area contributed by atoms with E-state index in [-0.39, 0.29) is 11.5 Å². The quantitative estimate of drug-likeness (QED) is 0.399. The lowest BCUT2D eigenvalue weighted by Crippen LogP contribution is -2.48. The molecule has 4 aliphatic carbocycles. The maximum absolute atomic E-state index is 10.2. The highest BCUT2D eigenvalue weighted by molar-refractivity contribution is 5.28. The molecule has 3 saturated carbocycles. The van der Waals surface area contributed by atoms with Crippen LogP contribution in [0, 0.1) is 51.2 Å². The van der Waals surface area contributed by atoms with E-state index in [1.165, 1.54) is 57.8 Å². The molecule has 0 radical (unpaired) electrons. The number of rotatable bonds is 5. The van der Waals surface area contributed by atoms with Crippen LogP contribution in [0.1, 0.15) is 105 Å². The zero-order valence-corrected chi connectivity index (χ0v) is 19.3. The van der Waals surface area contributed by atoms with E-state index >= 15 is 0 Å². The Morgan fingerprint density at radius 2 is 1.93 bits per heavy atom. The first-order valence-corrected chi connectivity index (χ1v) is 12.5. The second-order valence-corrected chi connectivity index (χ2v) is 12.2. The molecule has 2 nitrogen and oxygen atoms in total. The van der Waals surface area contributed by atoms with E-state index < -0.39 is 0 Å². The van der Waals surface area contributed by atoms with Crippen LogP contribution in [0.3, 0.4) is 0 Å². The summed E-state index contributed by atoms with van der Waals surface area (Å²) in [6.07, 6.45) is 17.6. The number of hydrogen-bond acceptors (Lipinski definition) is 2. The number of hydrogen-bond donors (Lipinski definition) is 1. The lowest BCUT2D eigenvalue weighted by atomic mass is 9.48. The van der Waals surface area contributed by atoms with Crippen molar-refractivity contribution in [1.82, 2.24) is 0 Å². The van der Waals surface area contributed by atoms with Crippen molar-refractivity contribution in [1.29, 1.82) is 5.26 Å². The molecule has 3 fully saturated rings. The lowest BCUT2D eigenvalue weighted by molar-refractivity contribution is -0.0126. The molecule has 0 aromatic carbocycles. The first-order chi connectivity index (χ1) is 13.7. The molecule has 0 bridgehead atoms. The number of nitriles is 1. The number of allylic oxidation sites excluding steroid dienone is 2. The number of aliphatic hydroxyl groups is 1. The zero-order chi connectivity index (χ0) is 20.9. The van der Waals surface area contributed by atoms with Crippen molar-refractivity contribution in [3.8, 4) is 6.07 Å². The van der Waals surface area contributed by atoms with E-state index in [0.29, 0.717) is 16.7 Å². The summed E-state index contributed by atoms with van der Waals surface area (Å²) in [5, 5.41) is 19.5. The van der Waals surface area contributed by atoms with E-state index in [2.05, 4.69) is 39.8 Å². The molecule has 4 aliphatic rings. The van der Waals surface area contributed by atoms with Gasteiger partial charge in [0.2, 0.25) is 0 Å². The molecule has 7 atom stereocenters. The van der Waals surface area contributed by atoms with Gasteiger partial charge in [-0.2, -0.15) is 5.26 Å². The molecule has 162 valence electrons. The molecule has 0 aliphatic heterocycles. The van der Waals surface area contributed by atoms with Gasteiger partial charge in [0, 0.05) is 0 Å². The van der Waals surface area contributed by atoms with Gasteiger partial charge in [0.15, 0.2) is 0 Å². The summed E-state index contributed by atoms with van der Waals surface area (Å²) in [5.74, 6) is 3.27. The molecule has 0 saturated heterocycles. The fraction of sp³-hybridized carbons (Fsp3) is 0.889. The molecule has 0 spiro atoms. The topological polar surface area (TPSA) is 44.0 Å². The zero-order valence-electron chi connectivity index (χ0n) is 19.3. The van der Waals surface area contributed by atoms with Crippen LogP contribution >= 0.6 is 0 Å². The Labute approximate surface area is 179 Å². The Bertz CT molecular complexity index is 687. The van der Waals surface area contributed by atoms with E-state index in [1.54, 1.807) is 5.57 Å². The molecule has 0 amide bonds. The summed E-state index contributed by atoms with van der Waals surface area (Å²) in [4.78, 5) is 0. The van der Waals surface area contributed by atoms with Gasteiger partial charge in [-0.3, -0.25) is 0 Å². The molecule has 0 aromatic rings. The predicted molar refractivity (Wildman–Crippen MR) is 119 cm³/mol. The van der Waals surface area contributed by atoms with Gasteiger partial charge in [-0.25, -0.2) is 0 Å². The van der Waals surface area contributed by atoms with Gasteiger partial charge in [-0.1, -0.05) is 38.3 Å². The third kappa shape index (κ3) is 3.71. The van der Waals surface area contributed by atoms with Gasteiger partial charge in [0.05, 0.1) is 17.6 Å². The van der Waals surface area contributed by atoms with Crippen molar-refractivity contribution in [2.75, 3.05) is 0 Å². The van der Waals surface area contributed by atoms with Gasteiger partial charge in [0.25, 0.3) is 0 Å². The fourth-order valence-corrected chi connectivity index (χ4v) is 8.09. The van der Waals surface area contributed by atoms with Gasteiger partial charge >= 0.3 is 0 Å². The molecule has 4 rings (SSSR count). The van der Waals surface area contributed by atoms with E-state index in [4.69, 9.17) is 0 Å². The minimum atomic E-state index is -0.160. The van der Waals surface area contributed by atoms with Crippen LogP contribution < -0.4 is 0 Å². The SMILES string of the molecule is CC(C)(C#N)CCCCC1CCC2C3CCC4C[C@@H](O)CC[C@]4(C)C3=CC[C@]12C. The Morgan fingerprint density at radius 3 is 2.69 bits per heavy atom. The fourth-order valence-electron chi connectivity index (χ4n) is 8.09. The normalized spacial score (nSPS) is 44.3. The van der Waals surface area contributed by atoms with Crippen molar-refractivity contribution in [2.45, 2.75) is 111 Å². The first-order valence-electron chi connectivity index (χ1n) is 12.5. The third-order valence-electron chi connectivity index (χ3n) is 10.1. The van der Waals surface area contributed by atoms with Crippen molar-refractivity contribution >= 4 is 0 Å².